The first-order valence-corrected chi connectivity index (χ1v) is 9.44. The number of nitrogens with one attached hydrogen (secondary N) is 2. The maximum Gasteiger partial charge on any atom is 0.573 e. The van der Waals surface area contributed by atoms with E-state index in [-0.39, 0.29) is 11.8 Å². The van der Waals surface area contributed by atoms with Crippen molar-refractivity contribution in [1.82, 2.24) is 15.0 Å². The van der Waals surface area contributed by atoms with E-state index in [9.17, 15) is 13.2 Å². The minimum absolute atomic E-state index is 0.0847. The third-order valence-electron chi connectivity index (χ3n) is 3.92. The van der Waals surface area contributed by atoms with Gasteiger partial charge in [0.25, 0.3) is 0 Å². The quantitative estimate of drug-likeness (QED) is 0.543. The largest absolute Gasteiger partial charge is 0.573 e. The van der Waals surface area contributed by atoms with Gasteiger partial charge in [0.1, 0.15) is 11.6 Å². The van der Waals surface area contributed by atoms with Gasteiger partial charge >= 0.3 is 6.36 Å². The van der Waals surface area contributed by atoms with Crippen molar-refractivity contribution >= 4 is 11.8 Å². The molecule has 0 aliphatic heterocycles. The van der Waals surface area contributed by atoms with Crippen LogP contribution in [0.15, 0.2) is 54.7 Å². The molecular weight excluding hydrogens is 395 g/mol. The van der Waals surface area contributed by atoms with E-state index in [4.69, 9.17) is 0 Å². The van der Waals surface area contributed by atoms with Gasteiger partial charge < -0.3 is 15.4 Å². The van der Waals surface area contributed by atoms with Gasteiger partial charge in [0.15, 0.2) is 0 Å². The monoisotopic (exact) mass is 417 g/mol. The topological polar surface area (TPSA) is 72.0 Å². The van der Waals surface area contributed by atoms with Crippen LogP contribution in [0.3, 0.4) is 0 Å². The van der Waals surface area contributed by atoms with E-state index in [2.05, 4.69) is 30.3 Å². The van der Waals surface area contributed by atoms with Crippen molar-refractivity contribution in [2.75, 3.05) is 17.2 Å². The summed E-state index contributed by atoms with van der Waals surface area (Å²) in [6.07, 6.45) is -2.33. The van der Waals surface area contributed by atoms with Crippen molar-refractivity contribution in [1.29, 1.82) is 0 Å². The summed E-state index contributed by atoms with van der Waals surface area (Å²) in [5.41, 5.74) is 1.90. The summed E-state index contributed by atoms with van der Waals surface area (Å²) < 4.78 is 41.7. The molecule has 0 saturated carbocycles. The second-order valence-electron chi connectivity index (χ2n) is 6.83. The molecule has 0 amide bonds. The molecule has 0 radical (unpaired) electrons. The number of benzene rings is 1. The molecule has 3 rings (SSSR count). The Morgan fingerprint density at radius 1 is 1.03 bits per heavy atom. The van der Waals surface area contributed by atoms with E-state index < -0.39 is 6.36 Å². The molecule has 2 N–H and O–H groups in total. The second-order valence-corrected chi connectivity index (χ2v) is 6.83. The van der Waals surface area contributed by atoms with Crippen LogP contribution in [0.2, 0.25) is 0 Å². The standard InChI is InChI=1S/C21H22F3N5O/c1-14(2)27-20-28-18(15-6-5-8-17(12-15)30-21(22,23)24)13-19(29-20)26-11-9-16-7-3-4-10-25-16/h3-8,10,12-14H,9,11H2,1-2H3,(H2,26,27,28,29). The molecule has 9 heteroatoms. The van der Waals surface area contributed by atoms with Gasteiger partial charge in [0, 0.05) is 42.5 Å². The van der Waals surface area contributed by atoms with Crippen LogP contribution in [0, 0.1) is 0 Å². The van der Waals surface area contributed by atoms with Crippen LogP contribution in [0.1, 0.15) is 19.5 Å². The van der Waals surface area contributed by atoms with E-state index in [0.717, 1.165) is 5.69 Å². The Morgan fingerprint density at radius 2 is 1.87 bits per heavy atom. The molecule has 0 aliphatic rings. The Kier molecular flexibility index (Phi) is 6.71. The predicted octanol–water partition coefficient (Wildman–Crippen LogP) is 4.91. The lowest BCUT2D eigenvalue weighted by Gasteiger charge is -2.14. The van der Waals surface area contributed by atoms with Gasteiger partial charge in [0.2, 0.25) is 5.95 Å². The van der Waals surface area contributed by atoms with Gasteiger partial charge in [-0.15, -0.1) is 13.2 Å². The molecule has 0 aliphatic carbocycles. The lowest BCUT2D eigenvalue weighted by Crippen LogP contribution is -2.17. The summed E-state index contributed by atoms with van der Waals surface area (Å²) in [7, 11) is 0. The lowest BCUT2D eigenvalue weighted by atomic mass is 10.1. The minimum Gasteiger partial charge on any atom is -0.406 e. The molecule has 0 saturated heterocycles. The molecule has 2 aromatic heterocycles. The van der Waals surface area contributed by atoms with Gasteiger partial charge in [-0.2, -0.15) is 4.98 Å². The minimum atomic E-state index is -4.76. The third kappa shape index (κ3) is 6.61. The summed E-state index contributed by atoms with van der Waals surface area (Å²) in [4.78, 5) is 13.2. The van der Waals surface area contributed by atoms with Gasteiger partial charge in [-0.3, -0.25) is 4.98 Å². The molecule has 0 atom stereocenters. The Morgan fingerprint density at radius 3 is 2.57 bits per heavy atom. The second kappa shape index (κ2) is 9.43. The van der Waals surface area contributed by atoms with E-state index in [0.29, 0.717) is 36.0 Å². The van der Waals surface area contributed by atoms with E-state index >= 15 is 0 Å². The van der Waals surface area contributed by atoms with Gasteiger partial charge in [-0.25, -0.2) is 4.98 Å². The average Bonchev–Trinajstić information content (AvgIpc) is 2.67. The first-order chi connectivity index (χ1) is 14.3. The average molecular weight is 417 g/mol. The highest BCUT2D eigenvalue weighted by Gasteiger charge is 2.31. The summed E-state index contributed by atoms with van der Waals surface area (Å²) in [5, 5.41) is 6.36. The van der Waals surface area contributed by atoms with Crippen LogP contribution >= 0.6 is 0 Å². The number of aromatic nitrogens is 3. The van der Waals surface area contributed by atoms with Crippen molar-refractivity contribution in [2.24, 2.45) is 0 Å². The summed E-state index contributed by atoms with van der Waals surface area (Å²) in [5.74, 6) is 0.632. The van der Waals surface area contributed by atoms with Crippen LogP contribution < -0.4 is 15.4 Å². The Bertz CT molecular complexity index is 964. The fourth-order valence-electron chi connectivity index (χ4n) is 2.73. The SMILES string of the molecule is CC(C)Nc1nc(NCCc2ccccn2)cc(-c2cccc(OC(F)(F)F)c2)n1. The summed E-state index contributed by atoms with van der Waals surface area (Å²) in [6, 6.07) is 13.2. The molecular formula is C21H22F3N5O. The number of nitrogens with zero attached hydrogens (tertiary/aromatic N) is 3. The van der Waals surface area contributed by atoms with Crippen LogP contribution in [0.5, 0.6) is 5.75 Å². The van der Waals surface area contributed by atoms with Crippen molar-refractivity contribution in [2.45, 2.75) is 32.7 Å². The third-order valence-corrected chi connectivity index (χ3v) is 3.92. The molecule has 0 bridgehead atoms. The number of alkyl halides is 3. The highest BCUT2D eigenvalue weighted by molar-refractivity contribution is 5.66. The summed E-state index contributed by atoms with van der Waals surface area (Å²) >= 11 is 0. The summed E-state index contributed by atoms with van der Waals surface area (Å²) in [6.45, 7) is 4.48. The van der Waals surface area contributed by atoms with Crippen LogP contribution in [0.4, 0.5) is 24.9 Å². The molecule has 2 heterocycles. The first kappa shape index (κ1) is 21.4. The zero-order valence-electron chi connectivity index (χ0n) is 16.6. The Hall–Kier alpha value is -3.36. The Labute approximate surface area is 172 Å². The molecule has 0 unspecified atom stereocenters. The number of halogens is 3. The Balaban J connectivity index is 1.82. The van der Waals surface area contributed by atoms with Crippen molar-refractivity contribution < 1.29 is 17.9 Å². The zero-order chi connectivity index (χ0) is 21.6. The highest BCUT2D eigenvalue weighted by atomic mass is 19.4. The van der Waals surface area contributed by atoms with Gasteiger partial charge in [-0.05, 0) is 38.1 Å². The smallest absolute Gasteiger partial charge is 0.406 e. The molecule has 0 fully saturated rings. The van der Waals surface area contributed by atoms with Crippen molar-refractivity contribution in [3.8, 4) is 17.0 Å². The molecule has 3 aromatic rings. The molecule has 30 heavy (non-hydrogen) atoms. The highest BCUT2D eigenvalue weighted by Crippen LogP contribution is 2.28. The van der Waals surface area contributed by atoms with Crippen LogP contribution in [-0.4, -0.2) is 33.9 Å². The van der Waals surface area contributed by atoms with E-state index in [1.165, 1.54) is 18.2 Å². The number of hydrogen-bond donors (Lipinski definition) is 2. The molecule has 6 nitrogen and oxygen atoms in total. The number of rotatable bonds is 8. The first-order valence-electron chi connectivity index (χ1n) is 9.44. The van der Waals surface area contributed by atoms with Crippen LogP contribution in [-0.2, 0) is 6.42 Å². The van der Waals surface area contributed by atoms with E-state index in [1.54, 1.807) is 18.3 Å². The fraction of sp³-hybridized carbons (Fsp3) is 0.286. The number of anilines is 2. The number of pyridine rings is 1. The predicted molar refractivity (Wildman–Crippen MR) is 109 cm³/mol. The normalized spacial score (nSPS) is 11.4. The van der Waals surface area contributed by atoms with Gasteiger partial charge in [-0.1, -0.05) is 18.2 Å². The molecule has 0 spiro atoms. The van der Waals surface area contributed by atoms with Crippen molar-refractivity contribution in [3.63, 3.8) is 0 Å². The number of hydrogen-bond acceptors (Lipinski definition) is 6. The molecule has 158 valence electrons. The maximum absolute atomic E-state index is 12.6. The van der Waals surface area contributed by atoms with Crippen molar-refractivity contribution in [3.05, 3.63) is 60.4 Å². The van der Waals surface area contributed by atoms with E-state index in [1.807, 2.05) is 32.0 Å². The van der Waals surface area contributed by atoms with Crippen LogP contribution in [0.25, 0.3) is 11.3 Å². The fourth-order valence-corrected chi connectivity index (χ4v) is 2.73. The zero-order valence-corrected chi connectivity index (χ0v) is 16.6. The number of ether oxygens (including phenoxy) is 1. The van der Waals surface area contributed by atoms with Gasteiger partial charge in [0.05, 0.1) is 5.69 Å². The lowest BCUT2D eigenvalue weighted by molar-refractivity contribution is -0.274. The maximum atomic E-state index is 12.6. The molecule has 1 aromatic carbocycles.